The number of aromatic nitrogens is 2. The number of aryl methyl sites for hydroxylation is 1. The maximum atomic E-state index is 5.27. The molecule has 0 aliphatic heterocycles. The standard InChI is InChI=1S/C49H35N3.C2H6/c1-30-33-14-8-13-23-46(33)51-47(50-30)52(31-24-26-38-34-15-4-9-19-40(34)48(2,3)44(38)28-31)32-25-27-39-37-18-7-12-22-43(37)49(45(39)29-32)41-20-10-5-16-35(41)36-17-6-11-21-42(36)49;1-2/h4-29H,1-3H3;1-2H3. The summed E-state index contributed by atoms with van der Waals surface area (Å²) in [5.74, 6) is 0.668. The molecule has 0 unspecified atom stereocenters. The molecule has 11 rings (SSSR count). The number of benzene rings is 7. The zero-order chi connectivity index (χ0) is 36.8. The fourth-order valence-electron chi connectivity index (χ4n) is 9.75. The van der Waals surface area contributed by atoms with Crippen LogP contribution in [0.5, 0.6) is 0 Å². The Kier molecular flexibility index (Phi) is 7.09. The first-order valence-corrected chi connectivity index (χ1v) is 19.2. The van der Waals surface area contributed by atoms with E-state index in [9.17, 15) is 0 Å². The van der Waals surface area contributed by atoms with Crippen LogP contribution in [0.2, 0.25) is 0 Å². The molecule has 3 heteroatoms. The fraction of sp³-hybridized carbons (Fsp3) is 0.137. The van der Waals surface area contributed by atoms with E-state index in [1.54, 1.807) is 0 Å². The average Bonchev–Trinajstić information content (AvgIpc) is 3.77. The molecule has 0 saturated carbocycles. The smallest absolute Gasteiger partial charge is 0.235 e. The van der Waals surface area contributed by atoms with E-state index in [0.717, 1.165) is 28.0 Å². The van der Waals surface area contributed by atoms with Crippen molar-refractivity contribution in [3.63, 3.8) is 0 Å². The molecule has 1 aromatic heterocycles. The van der Waals surface area contributed by atoms with Crippen molar-refractivity contribution in [1.29, 1.82) is 0 Å². The second kappa shape index (κ2) is 11.8. The molecule has 0 amide bonds. The van der Waals surface area contributed by atoms with Gasteiger partial charge in [-0.15, -0.1) is 0 Å². The molecule has 3 nitrogen and oxygen atoms in total. The molecular formula is C51H41N3. The Morgan fingerprint density at radius 2 is 0.852 bits per heavy atom. The second-order valence-electron chi connectivity index (χ2n) is 15.0. The van der Waals surface area contributed by atoms with Gasteiger partial charge in [0, 0.05) is 22.2 Å². The van der Waals surface area contributed by atoms with Crippen molar-refractivity contribution in [2.45, 2.75) is 45.4 Å². The Morgan fingerprint density at radius 1 is 0.426 bits per heavy atom. The van der Waals surface area contributed by atoms with Gasteiger partial charge in [0.2, 0.25) is 5.95 Å². The van der Waals surface area contributed by atoms with E-state index >= 15 is 0 Å². The minimum Gasteiger partial charge on any atom is -0.279 e. The van der Waals surface area contributed by atoms with Gasteiger partial charge in [-0.2, -0.15) is 0 Å². The zero-order valence-corrected chi connectivity index (χ0v) is 31.4. The summed E-state index contributed by atoms with van der Waals surface area (Å²) in [4.78, 5) is 12.8. The summed E-state index contributed by atoms with van der Waals surface area (Å²) in [6.07, 6.45) is 0. The van der Waals surface area contributed by atoms with Crippen molar-refractivity contribution in [1.82, 2.24) is 9.97 Å². The summed E-state index contributed by atoms with van der Waals surface area (Å²) in [6.45, 7) is 10.8. The molecule has 54 heavy (non-hydrogen) atoms. The van der Waals surface area contributed by atoms with Crippen molar-refractivity contribution >= 4 is 28.2 Å². The first-order valence-electron chi connectivity index (χ1n) is 19.2. The molecule has 8 aromatic rings. The molecule has 7 aromatic carbocycles. The lowest BCUT2D eigenvalue weighted by Crippen LogP contribution is -2.26. The van der Waals surface area contributed by atoms with Crippen LogP contribution in [0.1, 0.15) is 66.8 Å². The molecule has 0 saturated heterocycles. The van der Waals surface area contributed by atoms with E-state index in [0.29, 0.717) is 5.95 Å². The predicted molar refractivity (Wildman–Crippen MR) is 224 cm³/mol. The third-order valence-corrected chi connectivity index (χ3v) is 12.0. The van der Waals surface area contributed by atoms with E-state index in [-0.39, 0.29) is 5.41 Å². The van der Waals surface area contributed by atoms with Crippen LogP contribution in [0.4, 0.5) is 17.3 Å². The Morgan fingerprint density at radius 3 is 1.43 bits per heavy atom. The van der Waals surface area contributed by atoms with Crippen LogP contribution in [0, 0.1) is 6.92 Å². The van der Waals surface area contributed by atoms with Crippen LogP contribution >= 0.6 is 0 Å². The van der Waals surface area contributed by atoms with Gasteiger partial charge in [-0.3, -0.25) is 4.90 Å². The topological polar surface area (TPSA) is 29.0 Å². The lowest BCUT2D eigenvalue weighted by Gasteiger charge is -2.32. The first kappa shape index (κ1) is 32.3. The fourth-order valence-corrected chi connectivity index (χ4v) is 9.75. The molecular weight excluding hydrogens is 655 g/mol. The Labute approximate surface area is 317 Å². The number of anilines is 3. The summed E-state index contributed by atoms with van der Waals surface area (Å²) in [7, 11) is 0. The minimum absolute atomic E-state index is 0.144. The van der Waals surface area contributed by atoms with Gasteiger partial charge in [-0.05, 0) is 104 Å². The van der Waals surface area contributed by atoms with Crippen LogP contribution < -0.4 is 4.90 Å². The number of rotatable bonds is 3. The first-order chi connectivity index (χ1) is 26.5. The molecule has 3 aliphatic carbocycles. The molecule has 1 spiro atoms. The summed E-state index contributed by atoms with van der Waals surface area (Å²) >= 11 is 0. The normalized spacial score (nSPS) is 14.3. The number of nitrogens with zero attached hydrogens (tertiary/aromatic N) is 3. The third kappa shape index (κ3) is 4.24. The highest BCUT2D eigenvalue weighted by Gasteiger charge is 2.51. The molecule has 260 valence electrons. The largest absolute Gasteiger partial charge is 0.279 e. The predicted octanol–water partition coefficient (Wildman–Crippen LogP) is 13.1. The number of hydrogen-bond acceptors (Lipinski definition) is 3. The number of hydrogen-bond donors (Lipinski definition) is 0. The maximum Gasteiger partial charge on any atom is 0.235 e. The summed E-state index contributed by atoms with van der Waals surface area (Å²) in [6, 6.07) is 58.1. The van der Waals surface area contributed by atoms with E-state index in [2.05, 4.69) is 183 Å². The highest BCUT2D eigenvalue weighted by atomic mass is 15.3. The van der Waals surface area contributed by atoms with Gasteiger partial charge in [0.25, 0.3) is 0 Å². The van der Waals surface area contributed by atoms with Crippen molar-refractivity contribution in [3.8, 4) is 33.4 Å². The van der Waals surface area contributed by atoms with Crippen LogP contribution in [-0.2, 0) is 10.8 Å². The maximum absolute atomic E-state index is 5.27. The molecule has 0 N–H and O–H groups in total. The van der Waals surface area contributed by atoms with Crippen LogP contribution in [0.15, 0.2) is 158 Å². The minimum atomic E-state index is -0.442. The zero-order valence-electron chi connectivity index (χ0n) is 31.4. The Balaban J connectivity index is 0.00000178. The monoisotopic (exact) mass is 695 g/mol. The summed E-state index contributed by atoms with van der Waals surface area (Å²) < 4.78 is 0. The molecule has 3 aliphatic rings. The van der Waals surface area contributed by atoms with Gasteiger partial charge in [-0.1, -0.05) is 155 Å². The van der Waals surface area contributed by atoms with Crippen molar-refractivity contribution in [2.75, 3.05) is 4.90 Å². The molecule has 0 atom stereocenters. The van der Waals surface area contributed by atoms with Crippen LogP contribution in [0.3, 0.4) is 0 Å². The van der Waals surface area contributed by atoms with E-state index < -0.39 is 5.41 Å². The molecule has 0 radical (unpaired) electrons. The van der Waals surface area contributed by atoms with Gasteiger partial charge < -0.3 is 0 Å². The Bertz CT molecular complexity index is 2750. The average molecular weight is 696 g/mol. The van der Waals surface area contributed by atoms with Crippen molar-refractivity contribution in [3.05, 3.63) is 197 Å². The lowest BCUT2D eigenvalue weighted by molar-refractivity contribution is 0.660. The van der Waals surface area contributed by atoms with Gasteiger partial charge in [0.15, 0.2) is 0 Å². The molecule has 0 bridgehead atoms. The van der Waals surface area contributed by atoms with Gasteiger partial charge in [0.1, 0.15) is 0 Å². The molecule has 1 heterocycles. The Hall–Kier alpha value is -6.32. The van der Waals surface area contributed by atoms with Gasteiger partial charge in [0.05, 0.1) is 16.6 Å². The summed E-state index contributed by atoms with van der Waals surface area (Å²) in [5.41, 5.74) is 19.1. The van der Waals surface area contributed by atoms with Gasteiger partial charge in [-0.25, -0.2) is 9.97 Å². The van der Waals surface area contributed by atoms with Gasteiger partial charge >= 0.3 is 0 Å². The second-order valence-corrected chi connectivity index (χ2v) is 15.0. The van der Waals surface area contributed by atoms with Crippen LogP contribution in [0.25, 0.3) is 44.3 Å². The number of fused-ring (bicyclic) bond motifs is 14. The van der Waals surface area contributed by atoms with E-state index in [1.807, 2.05) is 13.8 Å². The quantitative estimate of drug-likeness (QED) is 0.184. The summed E-state index contributed by atoms with van der Waals surface area (Å²) in [5, 5.41) is 1.07. The third-order valence-electron chi connectivity index (χ3n) is 12.0. The SMILES string of the molecule is CC.Cc1nc(N(c2ccc3c(c2)C(C)(C)c2ccccc2-3)c2ccc3c(c2)C2(c4ccccc4-c4ccccc42)c2ccccc2-3)nc2ccccc12. The van der Waals surface area contributed by atoms with Crippen molar-refractivity contribution in [2.24, 2.45) is 0 Å². The lowest BCUT2D eigenvalue weighted by atomic mass is 9.70. The highest BCUT2D eigenvalue weighted by molar-refractivity contribution is 5.96. The number of para-hydroxylation sites is 1. The molecule has 0 fully saturated rings. The van der Waals surface area contributed by atoms with Crippen LogP contribution in [-0.4, -0.2) is 9.97 Å². The van der Waals surface area contributed by atoms with Crippen molar-refractivity contribution < 1.29 is 0 Å². The van der Waals surface area contributed by atoms with E-state index in [1.165, 1.54) is 66.8 Å². The van der Waals surface area contributed by atoms with E-state index in [4.69, 9.17) is 9.97 Å². The highest BCUT2D eigenvalue weighted by Crippen LogP contribution is 2.63.